The quantitative estimate of drug-likeness (QED) is 0.609. The normalized spacial score (nSPS) is 12.4. The highest BCUT2D eigenvalue weighted by molar-refractivity contribution is 5.91. The highest BCUT2D eigenvalue weighted by Gasteiger charge is 2.10. The molecule has 0 saturated carbocycles. The van der Waals surface area contributed by atoms with E-state index >= 15 is 0 Å². The number of aryl methyl sites for hydroxylation is 2. The fraction of sp³-hybridized carbons (Fsp3) is 0.160. The Labute approximate surface area is 160 Å². The molecule has 27 heavy (non-hydrogen) atoms. The lowest BCUT2D eigenvalue weighted by Crippen LogP contribution is -2.12. The van der Waals surface area contributed by atoms with Gasteiger partial charge in [0, 0.05) is 12.1 Å². The fourth-order valence-electron chi connectivity index (χ4n) is 3.58. The second-order valence-electron chi connectivity index (χ2n) is 6.93. The molecule has 0 bridgehead atoms. The lowest BCUT2D eigenvalue weighted by atomic mass is 9.90. The lowest BCUT2D eigenvalue weighted by molar-refractivity contribution is -0.116. The summed E-state index contributed by atoms with van der Waals surface area (Å²) in [6, 6.07) is 24.8. The van der Waals surface area contributed by atoms with Gasteiger partial charge < -0.3 is 5.32 Å². The molecule has 2 heteroatoms. The molecule has 3 aromatic rings. The molecule has 0 heterocycles. The number of anilines is 1. The van der Waals surface area contributed by atoms with Crippen molar-refractivity contribution in [1.29, 1.82) is 0 Å². The topological polar surface area (TPSA) is 29.1 Å². The molecule has 0 aromatic heterocycles. The summed E-state index contributed by atoms with van der Waals surface area (Å²) in [6.07, 6.45) is 7.94. The zero-order valence-corrected chi connectivity index (χ0v) is 15.3. The van der Waals surface area contributed by atoms with Crippen molar-refractivity contribution in [2.24, 2.45) is 0 Å². The van der Waals surface area contributed by atoms with Gasteiger partial charge in [-0.25, -0.2) is 0 Å². The average Bonchev–Trinajstić information content (AvgIpc) is 2.73. The predicted molar refractivity (Wildman–Crippen MR) is 113 cm³/mol. The van der Waals surface area contributed by atoms with Crippen molar-refractivity contribution in [3.05, 3.63) is 95.6 Å². The van der Waals surface area contributed by atoms with Crippen LogP contribution in [0.15, 0.2) is 78.9 Å². The van der Waals surface area contributed by atoms with E-state index in [1.54, 1.807) is 0 Å². The van der Waals surface area contributed by atoms with E-state index in [-0.39, 0.29) is 5.91 Å². The van der Waals surface area contributed by atoms with Gasteiger partial charge in [0.05, 0.1) is 0 Å². The van der Waals surface area contributed by atoms with Gasteiger partial charge >= 0.3 is 0 Å². The van der Waals surface area contributed by atoms with Crippen LogP contribution >= 0.6 is 0 Å². The summed E-state index contributed by atoms with van der Waals surface area (Å²) in [5.41, 5.74) is 7.20. The van der Waals surface area contributed by atoms with Crippen molar-refractivity contribution in [3.63, 3.8) is 0 Å². The second kappa shape index (κ2) is 8.05. The molecular formula is C25H23NO. The van der Waals surface area contributed by atoms with Gasteiger partial charge in [-0.05, 0) is 59.2 Å². The van der Waals surface area contributed by atoms with Crippen LogP contribution in [0.1, 0.15) is 29.5 Å². The first kappa shape index (κ1) is 17.3. The van der Waals surface area contributed by atoms with E-state index in [9.17, 15) is 4.79 Å². The molecule has 1 aliphatic rings. The third kappa shape index (κ3) is 4.17. The van der Waals surface area contributed by atoms with Crippen molar-refractivity contribution in [3.8, 4) is 11.1 Å². The van der Waals surface area contributed by atoms with E-state index < -0.39 is 0 Å². The Bertz CT molecular complexity index is 955. The Kier molecular flexibility index (Phi) is 5.15. The van der Waals surface area contributed by atoms with Gasteiger partial charge in [-0.15, -0.1) is 0 Å². The van der Waals surface area contributed by atoms with Gasteiger partial charge in [0.2, 0.25) is 5.91 Å². The molecule has 0 saturated heterocycles. The number of fused-ring (bicyclic) bond motifs is 1. The molecule has 1 amide bonds. The Hall–Kier alpha value is -3.13. The van der Waals surface area contributed by atoms with Crippen LogP contribution in [0.2, 0.25) is 0 Å². The SMILES string of the molecule is O=C(CCc1ccccc1)Nc1ccc(-c2cccc3c2C=CCC3)cc1. The van der Waals surface area contributed by atoms with E-state index in [0.717, 1.165) is 24.9 Å². The van der Waals surface area contributed by atoms with Gasteiger partial charge in [0.25, 0.3) is 0 Å². The van der Waals surface area contributed by atoms with Crippen molar-refractivity contribution in [2.45, 2.75) is 25.7 Å². The van der Waals surface area contributed by atoms with Crippen LogP contribution in [0.4, 0.5) is 5.69 Å². The molecule has 0 fully saturated rings. The number of nitrogens with one attached hydrogen (secondary N) is 1. The highest BCUT2D eigenvalue weighted by atomic mass is 16.1. The molecular weight excluding hydrogens is 330 g/mol. The summed E-state index contributed by atoms with van der Waals surface area (Å²) in [6.45, 7) is 0. The smallest absolute Gasteiger partial charge is 0.224 e. The third-order valence-electron chi connectivity index (χ3n) is 5.02. The molecule has 0 spiro atoms. The zero-order chi connectivity index (χ0) is 18.5. The monoisotopic (exact) mass is 353 g/mol. The average molecular weight is 353 g/mol. The number of carbonyl (C=O) groups excluding carboxylic acids is 1. The Morgan fingerprint density at radius 3 is 2.52 bits per heavy atom. The Morgan fingerprint density at radius 1 is 0.889 bits per heavy atom. The second-order valence-corrected chi connectivity index (χ2v) is 6.93. The predicted octanol–water partition coefficient (Wildman–Crippen LogP) is 5.88. The van der Waals surface area contributed by atoms with Crippen molar-refractivity contribution in [2.75, 3.05) is 5.32 Å². The third-order valence-corrected chi connectivity index (χ3v) is 5.02. The minimum absolute atomic E-state index is 0.0478. The Balaban J connectivity index is 1.42. The zero-order valence-electron chi connectivity index (χ0n) is 15.3. The molecule has 2 nitrogen and oxygen atoms in total. The number of amides is 1. The number of rotatable bonds is 5. The molecule has 134 valence electrons. The van der Waals surface area contributed by atoms with E-state index in [0.29, 0.717) is 6.42 Å². The standard InChI is InChI=1S/C25H23NO/c27-25(18-13-19-7-2-1-3-8-19)26-22-16-14-21(15-17-22)24-12-6-10-20-9-4-5-11-23(20)24/h1-3,5-8,10-12,14-17H,4,9,13,18H2,(H,26,27). The number of hydrogen-bond acceptors (Lipinski definition) is 1. The van der Waals surface area contributed by atoms with Gasteiger partial charge in [0.15, 0.2) is 0 Å². The molecule has 0 atom stereocenters. The first-order chi connectivity index (χ1) is 13.3. The number of hydrogen-bond donors (Lipinski definition) is 1. The van der Waals surface area contributed by atoms with E-state index in [4.69, 9.17) is 0 Å². The van der Waals surface area contributed by atoms with Gasteiger partial charge in [-0.1, -0.05) is 72.8 Å². The van der Waals surface area contributed by atoms with Crippen molar-refractivity contribution < 1.29 is 4.79 Å². The molecule has 1 aliphatic carbocycles. The van der Waals surface area contributed by atoms with Crippen molar-refractivity contribution >= 4 is 17.7 Å². The maximum absolute atomic E-state index is 12.2. The summed E-state index contributed by atoms with van der Waals surface area (Å²) < 4.78 is 0. The number of allylic oxidation sites excluding steroid dienone is 1. The molecule has 4 rings (SSSR count). The molecule has 0 radical (unpaired) electrons. The summed E-state index contributed by atoms with van der Waals surface area (Å²) in [4.78, 5) is 12.2. The minimum Gasteiger partial charge on any atom is -0.326 e. The van der Waals surface area contributed by atoms with Crippen LogP contribution in [0.3, 0.4) is 0 Å². The van der Waals surface area contributed by atoms with E-state index in [2.05, 4.69) is 59.9 Å². The van der Waals surface area contributed by atoms with Crippen molar-refractivity contribution in [1.82, 2.24) is 0 Å². The Morgan fingerprint density at radius 2 is 1.70 bits per heavy atom. The summed E-state index contributed by atoms with van der Waals surface area (Å²) in [5, 5.41) is 3.00. The lowest BCUT2D eigenvalue weighted by Gasteiger charge is -2.15. The molecule has 0 aliphatic heterocycles. The van der Waals surface area contributed by atoms with E-state index in [1.165, 1.54) is 27.8 Å². The van der Waals surface area contributed by atoms with Gasteiger partial charge in [-0.3, -0.25) is 4.79 Å². The minimum atomic E-state index is 0.0478. The molecule has 1 N–H and O–H groups in total. The number of carbonyl (C=O) groups is 1. The van der Waals surface area contributed by atoms with Crippen LogP contribution in [0.5, 0.6) is 0 Å². The van der Waals surface area contributed by atoms with Crippen LogP contribution in [-0.4, -0.2) is 5.91 Å². The first-order valence-electron chi connectivity index (χ1n) is 9.52. The molecule has 3 aromatic carbocycles. The van der Waals surface area contributed by atoms with Crippen LogP contribution in [-0.2, 0) is 17.6 Å². The maximum atomic E-state index is 12.2. The number of benzene rings is 3. The maximum Gasteiger partial charge on any atom is 0.224 e. The summed E-state index contributed by atoms with van der Waals surface area (Å²) in [7, 11) is 0. The van der Waals surface area contributed by atoms with Crippen LogP contribution in [0.25, 0.3) is 17.2 Å². The largest absolute Gasteiger partial charge is 0.326 e. The van der Waals surface area contributed by atoms with Gasteiger partial charge in [0.1, 0.15) is 0 Å². The summed E-state index contributed by atoms with van der Waals surface area (Å²) >= 11 is 0. The highest BCUT2D eigenvalue weighted by Crippen LogP contribution is 2.31. The molecule has 0 unspecified atom stereocenters. The van der Waals surface area contributed by atoms with Crippen LogP contribution in [0, 0.1) is 0 Å². The van der Waals surface area contributed by atoms with E-state index in [1.807, 2.05) is 30.3 Å². The summed E-state index contributed by atoms with van der Waals surface area (Å²) in [5.74, 6) is 0.0478. The fourth-order valence-corrected chi connectivity index (χ4v) is 3.58. The van der Waals surface area contributed by atoms with Crippen LogP contribution < -0.4 is 5.32 Å². The van der Waals surface area contributed by atoms with Gasteiger partial charge in [-0.2, -0.15) is 0 Å². The first-order valence-corrected chi connectivity index (χ1v) is 9.52.